The maximum atomic E-state index is 11.8. The van der Waals surface area contributed by atoms with Crippen LogP contribution in [0.15, 0.2) is 47.1 Å². The highest BCUT2D eigenvalue weighted by molar-refractivity contribution is 5.80. The van der Waals surface area contributed by atoms with Crippen LogP contribution in [0.25, 0.3) is 0 Å². The molecule has 2 rings (SSSR count). The second-order valence-corrected chi connectivity index (χ2v) is 4.25. The molecule has 0 saturated carbocycles. The van der Waals surface area contributed by atoms with Gasteiger partial charge in [-0.05, 0) is 31.2 Å². The number of carbonyl (C=O) groups excluding carboxylic acids is 2. The van der Waals surface area contributed by atoms with Crippen molar-refractivity contribution in [3.05, 3.63) is 54.0 Å². The molecule has 0 bridgehead atoms. The van der Waals surface area contributed by atoms with E-state index in [0.717, 1.165) is 6.29 Å². The zero-order chi connectivity index (χ0) is 14.4. The SMILES string of the molecule is CC(Oc1cccc(C=O)c1)C(=O)NCc1ccco1. The Kier molecular flexibility index (Phi) is 4.55. The third kappa shape index (κ3) is 3.71. The van der Waals surface area contributed by atoms with E-state index in [1.54, 1.807) is 49.6 Å². The number of hydrogen-bond donors (Lipinski definition) is 1. The quantitative estimate of drug-likeness (QED) is 0.819. The van der Waals surface area contributed by atoms with E-state index in [1.807, 2.05) is 0 Å². The molecule has 5 nitrogen and oxygen atoms in total. The summed E-state index contributed by atoms with van der Waals surface area (Å²) in [5.74, 6) is 0.904. The van der Waals surface area contributed by atoms with Gasteiger partial charge in [-0.25, -0.2) is 0 Å². The summed E-state index contributed by atoms with van der Waals surface area (Å²) < 4.78 is 10.6. The smallest absolute Gasteiger partial charge is 0.261 e. The van der Waals surface area contributed by atoms with Crippen molar-refractivity contribution in [3.8, 4) is 5.75 Å². The molecule has 0 aliphatic carbocycles. The average molecular weight is 273 g/mol. The zero-order valence-corrected chi connectivity index (χ0v) is 11.0. The van der Waals surface area contributed by atoms with Crippen molar-refractivity contribution in [1.29, 1.82) is 0 Å². The summed E-state index contributed by atoms with van der Waals surface area (Å²) in [5.41, 5.74) is 0.505. The Morgan fingerprint density at radius 2 is 2.25 bits per heavy atom. The third-order valence-corrected chi connectivity index (χ3v) is 2.69. The van der Waals surface area contributed by atoms with Gasteiger partial charge in [-0.2, -0.15) is 0 Å². The van der Waals surface area contributed by atoms with Crippen LogP contribution >= 0.6 is 0 Å². The average Bonchev–Trinajstić information content (AvgIpc) is 2.98. The Bertz CT molecular complexity index is 577. The molecule has 1 unspecified atom stereocenters. The predicted octanol–water partition coefficient (Wildman–Crippen LogP) is 2.18. The summed E-state index contributed by atoms with van der Waals surface area (Å²) in [5, 5.41) is 2.71. The monoisotopic (exact) mass is 273 g/mol. The lowest BCUT2D eigenvalue weighted by molar-refractivity contribution is -0.127. The van der Waals surface area contributed by atoms with Gasteiger partial charge in [0.1, 0.15) is 17.8 Å². The summed E-state index contributed by atoms with van der Waals surface area (Å²) in [6.45, 7) is 1.96. The number of rotatable bonds is 6. The number of ether oxygens (including phenoxy) is 1. The van der Waals surface area contributed by atoms with E-state index in [4.69, 9.17) is 9.15 Å². The minimum atomic E-state index is -0.660. The van der Waals surface area contributed by atoms with E-state index in [0.29, 0.717) is 23.6 Å². The largest absolute Gasteiger partial charge is 0.481 e. The second kappa shape index (κ2) is 6.56. The van der Waals surface area contributed by atoms with E-state index in [9.17, 15) is 9.59 Å². The minimum absolute atomic E-state index is 0.252. The Morgan fingerprint density at radius 1 is 1.40 bits per heavy atom. The van der Waals surface area contributed by atoms with Gasteiger partial charge in [0.15, 0.2) is 6.10 Å². The van der Waals surface area contributed by atoms with Crippen molar-refractivity contribution >= 4 is 12.2 Å². The van der Waals surface area contributed by atoms with Gasteiger partial charge in [0.2, 0.25) is 0 Å². The van der Waals surface area contributed by atoms with Crippen LogP contribution in [0.2, 0.25) is 0 Å². The minimum Gasteiger partial charge on any atom is -0.481 e. The maximum absolute atomic E-state index is 11.8. The second-order valence-electron chi connectivity index (χ2n) is 4.25. The van der Waals surface area contributed by atoms with Gasteiger partial charge in [0, 0.05) is 5.56 Å². The van der Waals surface area contributed by atoms with Crippen LogP contribution in [-0.2, 0) is 11.3 Å². The molecule has 2 aromatic rings. The number of carbonyl (C=O) groups is 2. The first-order valence-electron chi connectivity index (χ1n) is 6.21. The number of aldehydes is 1. The van der Waals surface area contributed by atoms with E-state index in [-0.39, 0.29) is 5.91 Å². The van der Waals surface area contributed by atoms with E-state index < -0.39 is 6.10 Å². The summed E-state index contributed by atoms with van der Waals surface area (Å²) in [7, 11) is 0. The van der Waals surface area contributed by atoms with Crippen molar-refractivity contribution < 1.29 is 18.7 Å². The highest BCUT2D eigenvalue weighted by Crippen LogP contribution is 2.14. The molecule has 1 atom stereocenters. The molecular formula is C15H15NO4. The highest BCUT2D eigenvalue weighted by Gasteiger charge is 2.14. The van der Waals surface area contributed by atoms with Crippen LogP contribution in [0.5, 0.6) is 5.75 Å². The van der Waals surface area contributed by atoms with Crippen LogP contribution in [0.1, 0.15) is 23.0 Å². The first-order valence-corrected chi connectivity index (χ1v) is 6.21. The number of nitrogens with one attached hydrogen (secondary N) is 1. The van der Waals surface area contributed by atoms with Crippen molar-refractivity contribution in [2.45, 2.75) is 19.6 Å². The van der Waals surface area contributed by atoms with Crippen molar-refractivity contribution in [1.82, 2.24) is 5.32 Å². The molecule has 1 aromatic heterocycles. The van der Waals surface area contributed by atoms with Gasteiger partial charge in [0.05, 0.1) is 12.8 Å². The van der Waals surface area contributed by atoms with Crippen molar-refractivity contribution in [3.63, 3.8) is 0 Å². The summed E-state index contributed by atoms with van der Waals surface area (Å²) >= 11 is 0. The molecule has 1 N–H and O–H groups in total. The number of amides is 1. The van der Waals surface area contributed by atoms with Crippen LogP contribution in [0.3, 0.4) is 0 Å². The van der Waals surface area contributed by atoms with E-state index >= 15 is 0 Å². The van der Waals surface area contributed by atoms with E-state index in [2.05, 4.69) is 5.32 Å². The van der Waals surface area contributed by atoms with Crippen molar-refractivity contribution in [2.75, 3.05) is 0 Å². The standard InChI is InChI=1S/C15H15NO4/c1-11(15(18)16-9-14-6-3-7-19-14)20-13-5-2-4-12(8-13)10-17/h2-8,10-11H,9H2,1H3,(H,16,18). The molecule has 1 aromatic carbocycles. The fourth-order valence-electron chi connectivity index (χ4n) is 1.65. The Morgan fingerprint density at radius 3 is 2.95 bits per heavy atom. The molecule has 0 fully saturated rings. The van der Waals surface area contributed by atoms with Gasteiger partial charge >= 0.3 is 0 Å². The van der Waals surface area contributed by atoms with Gasteiger partial charge in [-0.15, -0.1) is 0 Å². The Labute approximate surface area is 116 Å². The molecule has 0 spiro atoms. The number of benzene rings is 1. The third-order valence-electron chi connectivity index (χ3n) is 2.69. The topological polar surface area (TPSA) is 68.5 Å². The van der Waals surface area contributed by atoms with Gasteiger partial charge < -0.3 is 14.5 Å². The van der Waals surface area contributed by atoms with Crippen LogP contribution in [0, 0.1) is 0 Å². The fourth-order valence-corrected chi connectivity index (χ4v) is 1.65. The first kappa shape index (κ1) is 13.9. The first-order chi connectivity index (χ1) is 9.69. The molecule has 0 aliphatic heterocycles. The molecular weight excluding hydrogens is 258 g/mol. The molecule has 1 heterocycles. The number of furan rings is 1. The maximum Gasteiger partial charge on any atom is 0.261 e. The molecule has 104 valence electrons. The molecule has 0 radical (unpaired) electrons. The summed E-state index contributed by atoms with van der Waals surface area (Å²) in [4.78, 5) is 22.5. The lowest BCUT2D eigenvalue weighted by Gasteiger charge is -2.14. The lowest BCUT2D eigenvalue weighted by Crippen LogP contribution is -2.35. The highest BCUT2D eigenvalue weighted by atomic mass is 16.5. The molecule has 20 heavy (non-hydrogen) atoms. The predicted molar refractivity (Wildman–Crippen MR) is 72.5 cm³/mol. The molecule has 1 amide bonds. The molecule has 5 heteroatoms. The van der Waals surface area contributed by atoms with Crippen LogP contribution in [0.4, 0.5) is 0 Å². The van der Waals surface area contributed by atoms with Crippen molar-refractivity contribution in [2.24, 2.45) is 0 Å². The van der Waals surface area contributed by atoms with Gasteiger partial charge in [-0.3, -0.25) is 9.59 Å². The van der Waals surface area contributed by atoms with Crippen LogP contribution < -0.4 is 10.1 Å². The van der Waals surface area contributed by atoms with E-state index in [1.165, 1.54) is 0 Å². The number of hydrogen-bond acceptors (Lipinski definition) is 4. The van der Waals surface area contributed by atoms with Crippen LogP contribution in [-0.4, -0.2) is 18.3 Å². The van der Waals surface area contributed by atoms with Gasteiger partial charge in [-0.1, -0.05) is 12.1 Å². The zero-order valence-electron chi connectivity index (χ0n) is 11.0. The normalized spacial score (nSPS) is 11.7. The van der Waals surface area contributed by atoms with Gasteiger partial charge in [0.25, 0.3) is 5.91 Å². The Balaban J connectivity index is 1.88. The fraction of sp³-hybridized carbons (Fsp3) is 0.200. The molecule has 0 aliphatic rings. The summed E-state index contributed by atoms with van der Waals surface area (Å²) in [6.07, 6.45) is 1.62. The summed E-state index contributed by atoms with van der Waals surface area (Å²) in [6, 6.07) is 10.2. The Hall–Kier alpha value is -2.56. The lowest BCUT2D eigenvalue weighted by atomic mass is 10.2. The molecule has 0 saturated heterocycles.